The highest BCUT2D eigenvalue weighted by Gasteiger charge is 2.21. The number of carbonyl (C=O) groups is 3. The van der Waals surface area contributed by atoms with Gasteiger partial charge >= 0.3 is 0 Å². The molecule has 0 aromatic heterocycles. The van der Waals surface area contributed by atoms with Crippen molar-refractivity contribution in [3.63, 3.8) is 0 Å². The third kappa shape index (κ3) is 4.24. The van der Waals surface area contributed by atoms with Gasteiger partial charge in [0.2, 0.25) is 11.8 Å². The Balaban J connectivity index is 1.50. The number of nitrogens with zero attached hydrogens (tertiary/aromatic N) is 1. The summed E-state index contributed by atoms with van der Waals surface area (Å²) in [6.45, 7) is 0.716. The SMILES string of the molecule is O=C(Cc1ccc(N2CCCC2=O)cc1)NNC(=O)c1ccc(F)cc1. The average Bonchev–Trinajstić information content (AvgIpc) is 3.07. The van der Waals surface area contributed by atoms with Crippen LogP contribution in [0.2, 0.25) is 0 Å². The fraction of sp³-hybridized carbons (Fsp3) is 0.211. The van der Waals surface area contributed by atoms with E-state index in [2.05, 4.69) is 10.9 Å². The molecule has 0 spiro atoms. The van der Waals surface area contributed by atoms with Crippen LogP contribution in [0.3, 0.4) is 0 Å². The van der Waals surface area contributed by atoms with Crippen LogP contribution in [0.15, 0.2) is 48.5 Å². The summed E-state index contributed by atoms with van der Waals surface area (Å²) in [5.74, 6) is -1.24. The van der Waals surface area contributed by atoms with Gasteiger partial charge < -0.3 is 4.90 Å². The van der Waals surface area contributed by atoms with E-state index in [0.29, 0.717) is 13.0 Å². The lowest BCUT2D eigenvalue weighted by atomic mass is 10.1. The van der Waals surface area contributed by atoms with E-state index in [1.807, 2.05) is 12.1 Å². The number of amides is 3. The molecule has 0 radical (unpaired) electrons. The van der Waals surface area contributed by atoms with Crippen LogP contribution in [0.1, 0.15) is 28.8 Å². The molecule has 3 rings (SSSR count). The third-order valence-corrected chi connectivity index (χ3v) is 4.11. The number of rotatable bonds is 4. The van der Waals surface area contributed by atoms with Gasteiger partial charge in [-0.05, 0) is 48.4 Å². The molecule has 6 nitrogen and oxygen atoms in total. The number of anilines is 1. The predicted octanol–water partition coefficient (Wildman–Crippen LogP) is 1.96. The van der Waals surface area contributed by atoms with E-state index in [1.54, 1.807) is 17.0 Å². The quantitative estimate of drug-likeness (QED) is 0.823. The topological polar surface area (TPSA) is 78.5 Å². The van der Waals surface area contributed by atoms with Crippen molar-refractivity contribution in [1.29, 1.82) is 0 Å². The highest BCUT2D eigenvalue weighted by atomic mass is 19.1. The van der Waals surface area contributed by atoms with Gasteiger partial charge in [-0.2, -0.15) is 0 Å². The lowest BCUT2D eigenvalue weighted by Gasteiger charge is -2.15. The van der Waals surface area contributed by atoms with Crippen LogP contribution in [0, 0.1) is 5.82 Å². The Morgan fingerprint density at radius 1 is 1.00 bits per heavy atom. The molecule has 0 bridgehead atoms. The summed E-state index contributed by atoms with van der Waals surface area (Å²) in [5, 5.41) is 0. The normalized spacial score (nSPS) is 13.6. The maximum Gasteiger partial charge on any atom is 0.269 e. The summed E-state index contributed by atoms with van der Waals surface area (Å²) < 4.78 is 12.8. The first kappa shape index (κ1) is 17.6. The summed E-state index contributed by atoms with van der Waals surface area (Å²) in [6.07, 6.45) is 1.51. The summed E-state index contributed by atoms with van der Waals surface area (Å²) in [6, 6.07) is 12.2. The maximum atomic E-state index is 12.8. The van der Waals surface area contributed by atoms with E-state index < -0.39 is 11.7 Å². The highest BCUT2D eigenvalue weighted by molar-refractivity contribution is 5.96. The van der Waals surface area contributed by atoms with Gasteiger partial charge in [-0.25, -0.2) is 4.39 Å². The second-order valence-electron chi connectivity index (χ2n) is 6.00. The number of hydrogen-bond acceptors (Lipinski definition) is 3. The van der Waals surface area contributed by atoms with Crippen molar-refractivity contribution in [2.45, 2.75) is 19.3 Å². The lowest BCUT2D eigenvalue weighted by molar-refractivity contribution is -0.121. The second-order valence-corrected chi connectivity index (χ2v) is 6.00. The van der Waals surface area contributed by atoms with E-state index in [9.17, 15) is 18.8 Å². The van der Waals surface area contributed by atoms with Crippen molar-refractivity contribution < 1.29 is 18.8 Å². The zero-order valence-electron chi connectivity index (χ0n) is 14.0. The van der Waals surface area contributed by atoms with Crippen molar-refractivity contribution in [2.24, 2.45) is 0 Å². The molecule has 1 heterocycles. The molecule has 26 heavy (non-hydrogen) atoms. The van der Waals surface area contributed by atoms with E-state index in [-0.39, 0.29) is 23.8 Å². The molecule has 0 aliphatic carbocycles. The van der Waals surface area contributed by atoms with Crippen molar-refractivity contribution in [1.82, 2.24) is 10.9 Å². The third-order valence-electron chi connectivity index (χ3n) is 4.11. The van der Waals surface area contributed by atoms with Crippen LogP contribution in [-0.2, 0) is 16.0 Å². The van der Waals surface area contributed by atoms with Gasteiger partial charge in [0.1, 0.15) is 5.82 Å². The second kappa shape index (κ2) is 7.77. The standard InChI is InChI=1S/C19H18FN3O3/c20-15-7-5-14(6-8-15)19(26)22-21-17(24)12-13-3-9-16(10-4-13)23-11-1-2-18(23)25/h3-10H,1-2,11-12H2,(H,21,24)(H,22,26). The largest absolute Gasteiger partial charge is 0.312 e. The molecule has 2 aromatic carbocycles. The van der Waals surface area contributed by atoms with Gasteiger partial charge in [0.25, 0.3) is 5.91 Å². The van der Waals surface area contributed by atoms with E-state index >= 15 is 0 Å². The van der Waals surface area contributed by atoms with E-state index in [0.717, 1.165) is 17.7 Å². The predicted molar refractivity (Wildman–Crippen MR) is 93.7 cm³/mol. The van der Waals surface area contributed by atoms with Gasteiger partial charge in [-0.1, -0.05) is 12.1 Å². The maximum absolute atomic E-state index is 12.8. The Bertz CT molecular complexity index is 819. The molecule has 0 atom stereocenters. The number of carbonyl (C=O) groups excluding carboxylic acids is 3. The van der Waals surface area contributed by atoms with Crippen molar-refractivity contribution in [3.8, 4) is 0 Å². The van der Waals surface area contributed by atoms with Gasteiger partial charge in [-0.3, -0.25) is 25.2 Å². The Hall–Kier alpha value is -3.22. The molecule has 0 saturated carbocycles. The number of nitrogens with one attached hydrogen (secondary N) is 2. The number of halogens is 1. The van der Waals surface area contributed by atoms with Crippen molar-refractivity contribution in [3.05, 3.63) is 65.5 Å². The van der Waals surface area contributed by atoms with Crippen LogP contribution in [0.25, 0.3) is 0 Å². The Kier molecular flexibility index (Phi) is 5.26. The summed E-state index contributed by atoms with van der Waals surface area (Å²) in [7, 11) is 0. The zero-order valence-corrected chi connectivity index (χ0v) is 14.0. The van der Waals surface area contributed by atoms with Gasteiger partial charge in [0.15, 0.2) is 0 Å². The molecule has 1 aliphatic heterocycles. The van der Waals surface area contributed by atoms with Crippen molar-refractivity contribution in [2.75, 3.05) is 11.4 Å². The average molecular weight is 355 g/mol. The van der Waals surface area contributed by atoms with Crippen LogP contribution >= 0.6 is 0 Å². The van der Waals surface area contributed by atoms with Gasteiger partial charge in [0, 0.05) is 24.2 Å². The first-order valence-electron chi connectivity index (χ1n) is 8.27. The van der Waals surface area contributed by atoms with Crippen LogP contribution in [0.5, 0.6) is 0 Å². The Labute approximate surface area is 150 Å². The molecule has 2 aromatic rings. The molecule has 1 fully saturated rings. The summed E-state index contributed by atoms with van der Waals surface area (Å²) >= 11 is 0. The van der Waals surface area contributed by atoms with E-state index in [4.69, 9.17) is 0 Å². The number of benzene rings is 2. The molecular formula is C19H18FN3O3. The van der Waals surface area contributed by atoms with Crippen LogP contribution < -0.4 is 15.8 Å². The molecule has 7 heteroatoms. The number of hydrazine groups is 1. The zero-order chi connectivity index (χ0) is 18.5. The first-order chi connectivity index (χ1) is 12.5. The van der Waals surface area contributed by atoms with Crippen LogP contribution in [-0.4, -0.2) is 24.3 Å². The van der Waals surface area contributed by atoms with Crippen molar-refractivity contribution >= 4 is 23.4 Å². The molecule has 2 N–H and O–H groups in total. The fourth-order valence-corrected chi connectivity index (χ4v) is 2.74. The molecule has 134 valence electrons. The molecular weight excluding hydrogens is 337 g/mol. The number of hydrogen-bond donors (Lipinski definition) is 2. The smallest absolute Gasteiger partial charge is 0.269 e. The van der Waals surface area contributed by atoms with Gasteiger partial charge in [-0.15, -0.1) is 0 Å². The minimum absolute atomic E-state index is 0.0813. The molecule has 1 aliphatic rings. The van der Waals surface area contributed by atoms with Crippen LogP contribution in [0.4, 0.5) is 10.1 Å². The monoisotopic (exact) mass is 355 g/mol. The molecule has 3 amide bonds. The minimum Gasteiger partial charge on any atom is -0.312 e. The molecule has 1 saturated heterocycles. The first-order valence-corrected chi connectivity index (χ1v) is 8.27. The summed E-state index contributed by atoms with van der Waals surface area (Å²) in [4.78, 5) is 37.2. The Morgan fingerprint density at radius 3 is 2.31 bits per heavy atom. The highest BCUT2D eigenvalue weighted by Crippen LogP contribution is 2.21. The Morgan fingerprint density at radius 2 is 1.69 bits per heavy atom. The van der Waals surface area contributed by atoms with E-state index in [1.165, 1.54) is 24.3 Å². The molecule has 0 unspecified atom stereocenters. The van der Waals surface area contributed by atoms with Gasteiger partial charge in [0.05, 0.1) is 6.42 Å². The minimum atomic E-state index is -0.527. The fourth-order valence-electron chi connectivity index (χ4n) is 2.74. The lowest BCUT2D eigenvalue weighted by Crippen LogP contribution is -2.42. The summed E-state index contributed by atoms with van der Waals surface area (Å²) in [5.41, 5.74) is 6.43.